The first-order chi connectivity index (χ1) is 35.6. The Labute approximate surface area is 430 Å². The molecule has 15 nitrogen and oxygen atoms in total. The van der Waals surface area contributed by atoms with E-state index >= 15 is 0 Å². The smallest absolute Gasteiger partial charge is 0.330 e. The molecule has 2 aliphatic rings. The molecule has 0 unspecified atom stereocenters. The Kier molecular flexibility index (Phi) is 20.4. The van der Waals surface area contributed by atoms with Crippen molar-refractivity contribution in [3.05, 3.63) is 114 Å². The lowest BCUT2D eigenvalue weighted by atomic mass is 9.82. The van der Waals surface area contributed by atoms with E-state index in [4.69, 9.17) is 33.2 Å². The lowest BCUT2D eigenvalue weighted by Crippen LogP contribution is -2.30. The van der Waals surface area contributed by atoms with Gasteiger partial charge in [0.15, 0.2) is 0 Å². The van der Waals surface area contributed by atoms with Gasteiger partial charge in [-0.25, -0.2) is 4.79 Å². The topological polar surface area (TPSA) is 180 Å². The van der Waals surface area contributed by atoms with Crippen molar-refractivity contribution in [2.45, 2.75) is 103 Å². The van der Waals surface area contributed by atoms with Gasteiger partial charge in [-0.15, -0.1) is 5.10 Å². The van der Waals surface area contributed by atoms with Crippen LogP contribution in [0.3, 0.4) is 0 Å². The van der Waals surface area contributed by atoms with Crippen LogP contribution in [0.25, 0.3) is 10.2 Å². The molecule has 0 amide bonds. The monoisotopic (exact) mass is 1020 g/mol. The molecule has 2 fully saturated rings. The van der Waals surface area contributed by atoms with Gasteiger partial charge in [-0.2, -0.15) is 5.10 Å². The number of para-hydroxylation sites is 1. The minimum Gasteiger partial charge on any atom is -0.494 e. The maximum atomic E-state index is 13.7. The SMILES string of the molecule is C=CC(=O)OCCCCCCOc1ccc(OC(=O)C2CCC(C(=O)Oc3ccc(OC(=O)C4CCC(C(=O)Oc5ccc(OCCCCC)cc5)CC4)cc3/C=N/N=c3/sc4ccccc4n3C)CC2)cc1. The van der Waals surface area contributed by atoms with Gasteiger partial charge in [0.05, 0.1) is 59.9 Å². The number of ether oxygens (including phenoxy) is 7. The van der Waals surface area contributed by atoms with Crippen molar-refractivity contribution >= 4 is 57.6 Å². The van der Waals surface area contributed by atoms with E-state index in [1.54, 1.807) is 66.7 Å². The molecule has 2 aliphatic carbocycles. The molecule has 386 valence electrons. The number of hydrogen-bond donors (Lipinski definition) is 0. The fourth-order valence-electron chi connectivity index (χ4n) is 8.75. The highest BCUT2D eigenvalue weighted by atomic mass is 32.1. The van der Waals surface area contributed by atoms with Crippen LogP contribution in [0.4, 0.5) is 0 Å². The van der Waals surface area contributed by atoms with Gasteiger partial charge >= 0.3 is 29.8 Å². The third-order valence-corrected chi connectivity index (χ3v) is 14.2. The molecule has 1 heterocycles. The van der Waals surface area contributed by atoms with Gasteiger partial charge in [-0.3, -0.25) is 19.2 Å². The molecule has 16 heteroatoms. The second kappa shape index (κ2) is 27.7. The number of unbranched alkanes of at least 4 members (excludes halogenated alkanes) is 5. The highest BCUT2D eigenvalue weighted by molar-refractivity contribution is 7.16. The van der Waals surface area contributed by atoms with E-state index in [1.165, 1.54) is 17.6 Å². The molecule has 7 rings (SSSR count). The quantitative estimate of drug-likeness (QED) is 0.0143. The zero-order chi connectivity index (χ0) is 51.4. The molecule has 0 saturated heterocycles. The van der Waals surface area contributed by atoms with Crippen molar-refractivity contribution in [2.75, 3.05) is 19.8 Å². The average Bonchev–Trinajstić information content (AvgIpc) is 3.73. The maximum absolute atomic E-state index is 13.7. The number of rotatable bonds is 24. The third-order valence-electron chi connectivity index (χ3n) is 13.1. The van der Waals surface area contributed by atoms with Crippen LogP contribution in [0.15, 0.2) is 114 Å². The highest BCUT2D eigenvalue weighted by Crippen LogP contribution is 2.35. The van der Waals surface area contributed by atoms with Gasteiger partial charge in [-0.05, 0) is 162 Å². The number of nitrogens with zero attached hydrogens (tertiary/aromatic N) is 3. The maximum Gasteiger partial charge on any atom is 0.330 e. The Balaban J connectivity index is 0.901. The van der Waals surface area contributed by atoms with Crippen molar-refractivity contribution in [3.63, 3.8) is 0 Å². The third kappa shape index (κ3) is 16.2. The van der Waals surface area contributed by atoms with E-state index in [0.29, 0.717) is 98.8 Å². The Morgan fingerprint density at radius 1 is 0.589 bits per heavy atom. The molecule has 0 aliphatic heterocycles. The summed E-state index contributed by atoms with van der Waals surface area (Å²) in [6, 6.07) is 26.7. The van der Waals surface area contributed by atoms with Crippen LogP contribution in [-0.2, 0) is 35.8 Å². The van der Waals surface area contributed by atoms with Crippen LogP contribution in [0, 0.1) is 23.7 Å². The number of thiazole rings is 1. The number of esters is 5. The number of fused-ring (bicyclic) bond motifs is 1. The number of carbonyl (C=O) groups is 5. The summed E-state index contributed by atoms with van der Waals surface area (Å²) in [6.07, 6.45) is 13.0. The summed E-state index contributed by atoms with van der Waals surface area (Å²) in [4.78, 5) is 65.3. The molecule has 0 N–H and O–H groups in total. The van der Waals surface area contributed by atoms with Crippen molar-refractivity contribution < 1.29 is 57.1 Å². The Hall–Kier alpha value is -7.07. The lowest BCUT2D eigenvalue weighted by molar-refractivity contribution is -0.145. The van der Waals surface area contributed by atoms with Crippen LogP contribution in [0.5, 0.6) is 34.5 Å². The van der Waals surface area contributed by atoms with Crippen molar-refractivity contribution in [3.8, 4) is 34.5 Å². The van der Waals surface area contributed by atoms with Crippen molar-refractivity contribution in [2.24, 2.45) is 40.9 Å². The predicted octanol–water partition coefficient (Wildman–Crippen LogP) is 11.0. The second-order valence-corrected chi connectivity index (χ2v) is 19.4. The molecule has 0 bridgehead atoms. The first kappa shape index (κ1) is 53.7. The standard InChI is InChI=1S/C57H65N3O12S/c1-4-6-11-34-66-44-24-28-46(29-25-44)69-53(62)39-16-18-41(19-17-39)55(64)71-48-32-33-50(43(37-48)38-58-59-57-60(3)49-14-9-10-15-51(49)73-57)72-56(65)42-22-20-40(21-23-42)54(63)70-47-30-26-45(27-31-47)67-35-12-7-8-13-36-68-52(61)5-2/h5,9-10,14-15,24-33,37-42H,2,4,6-8,11-13,16-23,34-36H2,1,3H3/b58-38+,59-57+. The largest absolute Gasteiger partial charge is 0.494 e. The van der Waals surface area contributed by atoms with Crippen LogP contribution in [-0.4, -0.2) is 60.4 Å². The Bertz CT molecular complexity index is 2750. The zero-order valence-corrected chi connectivity index (χ0v) is 42.5. The molecule has 0 radical (unpaired) electrons. The van der Waals surface area contributed by atoms with E-state index < -0.39 is 29.7 Å². The van der Waals surface area contributed by atoms with Crippen LogP contribution in [0.2, 0.25) is 0 Å². The number of aryl methyl sites for hydroxylation is 1. The highest BCUT2D eigenvalue weighted by Gasteiger charge is 2.34. The summed E-state index contributed by atoms with van der Waals surface area (Å²) in [6.45, 7) is 7.08. The molecule has 1 aromatic heterocycles. The molecular formula is C57H65N3O12S. The number of aromatic nitrogens is 1. The molecule has 4 aromatic carbocycles. The summed E-state index contributed by atoms with van der Waals surface area (Å²) in [5.41, 5.74) is 1.39. The van der Waals surface area contributed by atoms with Crippen molar-refractivity contribution in [1.82, 2.24) is 4.57 Å². The number of hydrogen-bond acceptors (Lipinski definition) is 15. The van der Waals surface area contributed by atoms with E-state index in [9.17, 15) is 24.0 Å². The minimum atomic E-state index is -0.451. The van der Waals surface area contributed by atoms with Crippen molar-refractivity contribution in [1.29, 1.82) is 0 Å². The van der Waals surface area contributed by atoms with Crippen LogP contribution >= 0.6 is 11.3 Å². The Morgan fingerprint density at radius 3 is 1.58 bits per heavy atom. The van der Waals surface area contributed by atoms with E-state index in [0.717, 1.165) is 67.0 Å². The molecule has 0 atom stereocenters. The normalized spacial score (nSPS) is 17.9. The first-order valence-corrected chi connectivity index (χ1v) is 26.3. The first-order valence-electron chi connectivity index (χ1n) is 25.4. The van der Waals surface area contributed by atoms with E-state index in [2.05, 4.69) is 23.7 Å². The van der Waals surface area contributed by atoms with Gasteiger partial charge < -0.3 is 37.7 Å². The molecule has 5 aromatic rings. The van der Waals surface area contributed by atoms with Crippen LogP contribution in [0.1, 0.15) is 109 Å². The molecular weight excluding hydrogens is 951 g/mol. The molecule has 2 saturated carbocycles. The fourth-order valence-corrected chi connectivity index (χ4v) is 9.73. The second-order valence-electron chi connectivity index (χ2n) is 18.4. The zero-order valence-electron chi connectivity index (χ0n) is 41.7. The van der Waals surface area contributed by atoms with Gasteiger partial charge in [0.2, 0.25) is 4.80 Å². The average molecular weight is 1020 g/mol. The summed E-state index contributed by atoms with van der Waals surface area (Å²) < 4.78 is 42.9. The van der Waals surface area contributed by atoms with Gasteiger partial charge in [0.25, 0.3) is 0 Å². The summed E-state index contributed by atoms with van der Waals surface area (Å²) in [7, 11) is 1.91. The summed E-state index contributed by atoms with van der Waals surface area (Å²) in [5, 5.41) is 8.84. The Morgan fingerprint density at radius 2 is 1.05 bits per heavy atom. The minimum absolute atomic E-state index is 0.218. The predicted molar refractivity (Wildman–Crippen MR) is 277 cm³/mol. The molecule has 0 spiro atoms. The van der Waals surface area contributed by atoms with E-state index in [-0.39, 0.29) is 35.3 Å². The summed E-state index contributed by atoms with van der Waals surface area (Å²) in [5.74, 6) is -0.805. The van der Waals surface area contributed by atoms with E-state index in [1.807, 2.05) is 35.9 Å². The van der Waals surface area contributed by atoms with Gasteiger partial charge in [0, 0.05) is 18.7 Å². The lowest BCUT2D eigenvalue weighted by Gasteiger charge is -2.26. The summed E-state index contributed by atoms with van der Waals surface area (Å²) >= 11 is 1.48. The van der Waals surface area contributed by atoms with Gasteiger partial charge in [-0.1, -0.05) is 49.8 Å². The molecule has 73 heavy (non-hydrogen) atoms. The number of carbonyl (C=O) groups excluding carboxylic acids is 5. The fraction of sp³-hybridized carbons (Fsp3) is 0.421. The van der Waals surface area contributed by atoms with Crippen LogP contribution < -0.4 is 33.2 Å². The number of benzene rings is 4. The van der Waals surface area contributed by atoms with Gasteiger partial charge in [0.1, 0.15) is 34.5 Å².